The highest BCUT2D eigenvalue weighted by Crippen LogP contribution is 2.31. The molecule has 2 rings (SSSR count). The standard InChI is InChI=1S/C16H24N2O2/c1-4-12-5-7-14(8-6-12)18(3)15-11(2)9-13(10-17-15)16(19)20/h9-10,12,14H,4-8H2,1-3H3,(H,19,20). The maximum atomic E-state index is 11.0. The van der Waals surface area contributed by atoms with Gasteiger partial charge in [0.25, 0.3) is 0 Å². The van der Waals surface area contributed by atoms with Crippen molar-refractivity contribution in [1.82, 2.24) is 4.98 Å². The van der Waals surface area contributed by atoms with E-state index in [1.807, 2.05) is 6.92 Å². The SMILES string of the molecule is CCC1CCC(N(C)c2ncc(C(=O)O)cc2C)CC1. The smallest absolute Gasteiger partial charge is 0.337 e. The molecule has 1 aliphatic rings. The highest BCUT2D eigenvalue weighted by molar-refractivity contribution is 5.87. The number of aromatic carboxylic acids is 1. The van der Waals surface area contributed by atoms with Crippen LogP contribution in [0.25, 0.3) is 0 Å². The summed E-state index contributed by atoms with van der Waals surface area (Å²) in [4.78, 5) is 17.5. The van der Waals surface area contributed by atoms with E-state index in [2.05, 4.69) is 23.9 Å². The Balaban J connectivity index is 2.09. The number of carboxylic acid groups (broad SMARTS) is 1. The number of anilines is 1. The van der Waals surface area contributed by atoms with Gasteiger partial charge in [0.05, 0.1) is 5.56 Å². The molecular weight excluding hydrogens is 252 g/mol. The maximum absolute atomic E-state index is 11.0. The van der Waals surface area contributed by atoms with Gasteiger partial charge >= 0.3 is 5.97 Å². The molecule has 1 aromatic heterocycles. The Hall–Kier alpha value is -1.58. The number of aryl methyl sites for hydroxylation is 1. The lowest BCUT2D eigenvalue weighted by Crippen LogP contribution is -2.36. The Labute approximate surface area is 120 Å². The Morgan fingerprint density at radius 2 is 2.05 bits per heavy atom. The number of rotatable bonds is 4. The third-order valence-electron chi connectivity index (χ3n) is 4.57. The van der Waals surface area contributed by atoms with Gasteiger partial charge in [-0.2, -0.15) is 0 Å². The van der Waals surface area contributed by atoms with E-state index in [-0.39, 0.29) is 5.56 Å². The van der Waals surface area contributed by atoms with Crippen LogP contribution in [-0.2, 0) is 0 Å². The quantitative estimate of drug-likeness (QED) is 0.914. The summed E-state index contributed by atoms with van der Waals surface area (Å²) >= 11 is 0. The van der Waals surface area contributed by atoms with Crippen molar-refractivity contribution in [3.05, 3.63) is 23.4 Å². The van der Waals surface area contributed by atoms with E-state index >= 15 is 0 Å². The number of hydrogen-bond donors (Lipinski definition) is 1. The first kappa shape index (κ1) is 14.8. The van der Waals surface area contributed by atoms with Gasteiger partial charge in [0.1, 0.15) is 5.82 Å². The lowest BCUT2D eigenvalue weighted by atomic mass is 9.84. The zero-order chi connectivity index (χ0) is 14.7. The first-order valence-corrected chi connectivity index (χ1v) is 7.45. The lowest BCUT2D eigenvalue weighted by Gasteiger charge is -2.35. The molecule has 20 heavy (non-hydrogen) atoms. The van der Waals surface area contributed by atoms with Crippen LogP contribution in [0, 0.1) is 12.8 Å². The predicted molar refractivity (Wildman–Crippen MR) is 80.4 cm³/mol. The monoisotopic (exact) mass is 276 g/mol. The number of hydrogen-bond acceptors (Lipinski definition) is 3. The third-order valence-corrected chi connectivity index (χ3v) is 4.57. The molecule has 4 nitrogen and oxygen atoms in total. The Bertz CT molecular complexity index is 479. The average Bonchev–Trinajstić information content (AvgIpc) is 2.46. The van der Waals surface area contributed by atoms with Crippen molar-refractivity contribution in [2.45, 2.75) is 52.0 Å². The Morgan fingerprint density at radius 3 is 2.55 bits per heavy atom. The van der Waals surface area contributed by atoms with Crippen molar-refractivity contribution in [1.29, 1.82) is 0 Å². The minimum Gasteiger partial charge on any atom is -0.478 e. The molecule has 1 heterocycles. The van der Waals surface area contributed by atoms with Gasteiger partial charge in [-0.1, -0.05) is 13.3 Å². The minimum atomic E-state index is -0.918. The fourth-order valence-corrected chi connectivity index (χ4v) is 3.17. The number of carboxylic acids is 1. The molecule has 4 heteroatoms. The molecule has 0 amide bonds. The van der Waals surface area contributed by atoms with Crippen LogP contribution in [-0.4, -0.2) is 29.1 Å². The van der Waals surface area contributed by atoms with Crippen molar-refractivity contribution in [2.75, 3.05) is 11.9 Å². The molecule has 0 aliphatic heterocycles. The van der Waals surface area contributed by atoms with Crippen molar-refractivity contribution in [3.8, 4) is 0 Å². The molecule has 1 saturated carbocycles. The number of nitrogens with zero attached hydrogens (tertiary/aromatic N) is 2. The van der Waals surface area contributed by atoms with Crippen LogP contribution in [0.2, 0.25) is 0 Å². The van der Waals surface area contributed by atoms with Crippen LogP contribution in [0.15, 0.2) is 12.3 Å². The highest BCUT2D eigenvalue weighted by Gasteiger charge is 2.24. The summed E-state index contributed by atoms with van der Waals surface area (Å²) in [6.07, 6.45) is 7.73. The van der Waals surface area contributed by atoms with Gasteiger partial charge < -0.3 is 10.0 Å². The average molecular weight is 276 g/mol. The molecule has 1 fully saturated rings. The van der Waals surface area contributed by atoms with E-state index in [0.717, 1.165) is 17.3 Å². The molecular formula is C16H24N2O2. The van der Waals surface area contributed by atoms with Gasteiger partial charge in [0.15, 0.2) is 0 Å². The molecule has 0 aromatic carbocycles. The van der Waals surface area contributed by atoms with Crippen LogP contribution < -0.4 is 4.90 Å². The van der Waals surface area contributed by atoms with Crippen molar-refractivity contribution < 1.29 is 9.90 Å². The summed E-state index contributed by atoms with van der Waals surface area (Å²) in [7, 11) is 2.08. The molecule has 0 unspecified atom stereocenters. The summed E-state index contributed by atoms with van der Waals surface area (Å²) in [5.41, 5.74) is 1.19. The molecule has 1 aliphatic carbocycles. The summed E-state index contributed by atoms with van der Waals surface area (Å²) in [5.74, 6) is 0.872. The fraction of sp³-hybridized carbons (Fsp3) is 0.625. The van der Waals surface area contributed by atoms with E-state index in [1.54, 1.807) is 6.07 Å². The van der Waals surface area contributed by atoms with Gasteiger partial charge in [-0.25, -0.2) is 9.78 Å². The zero-order valence-corrected chi connectivity index (χ0v) is 12.6. The first-order valence-electron chi connectivity index (χ1n) is 7.45. The van der Waals surface area contributed by atoms with Crippen LogP contribution in [0.3, 0.4) is 0 Å². The van der Waals surface area contributed by atoms with Crippen molar-refractivity contribution in [2.24, 2.45) is 5.92 Å². The summed E-state index contributed by atoms with van der Waals surface area (Å²) < 4.78 is 0. The second-order valence-corrected chi connectivity index (χ2v) is 5.86. The molecule has 1 aromatic rings. The van der Waals surface area contributed by atoms with Gasteiger partial charge in [0.2, 0.25) is 0 Å². The van der Waals surface area contributed by atoms with Gasteiger partial charge in [-0.05, 0) is 50.2 Å². The third kappa shape index (κ3) is 3.11. The molecule has 0 atom stereocenters. The number of pyridine rings is 1. The predicted octanol–water partition coefficient (Wildman–Crippen LogP) is 3.49. The van der Waals surface area contributed by atoms with Gasteiger partial charge in [-0.15, -0.1) is 0 Å². The largest absolute Gasteiger partial charge is 0.478 e. The Morgan fingerprint density at radius 1 is 1.40 bits per heavy atom. The van der Waals surface area contributed by atoms with E-state index in [1.165, 1.54) is 38.3 Å². The van der Waals surface area contributed by atoms with Crippen LogP contribution in [0.1, 0.15) is 54.9 Å². The van der Waals surface area contributed by atoms with Crippen molar-refractivity contribution in [3.63, 3.8) is 0 Å². The topological polar surface area (TPSA) is 53.4 Å². The van der Waals surface area contributed by atoms with E-state index < -0.39 is 5.97 Å². The first-order chi connectivity index (χ1) is 9.52. The second-order valence-electron chi connectivity index (χ2n) is 5.86. The van der Waals surface area contributed by atoms with Gasteiger partial charge in [-0.3, -0.25) is 0 Å². The summed E-state index contributed by atoms with van der Waals surface area (Å²) in [6.45, 7) is 4.20. The van der Waals surface area contributed by atoms with Crippen molar-refractivity contribution >= 4 is 11.8 Å². The fourth-order valence-electron chi connectivity index (χ4n) is 3.17. The number of aromatic nitrogens is 1. The van der Waals surface area contributed by atoms with Crippen LogP contribution in [0.5, 0.6) is 0 Å². The molecule has 0 bridgehead atoms. The number of carbonyl (C=O) groups is 1. The van der Waals surface area contributed by atoms with E-state index in [4.69, 9.17) is 5.11 Å². The Kier molecular flexibility index (Phi) is 4.63. The molecule has 0 radical (unpaired) electrons. The maximum Gasteiger partial charge on any atom is 0.337 e. The van der Waals surface area contributed by atoms with Crippen LogP contribution >= 0.6 is 0 Å². The normalized spacial score (nSPS) is 22.6. The lowest BCUT2D eigenvalue weighted by molar-refractivity contribution is 0.0696. The molecule has 0 spiro atoms. The zero-order valence-electron chi connectivity index (χ0n) is 12.6. The molecule has 1 N–H and O–H groups in total. The van der Waals surface area contributed by atoms with Crippen LogP contribution in [0.4, 0.5) is 5.82 Å². The highest BCUT2D eigenvalue weighted by atomic mass is 16.4. The summed E-state index contributed by atoms with van der Waals surface area (Å²) in [6, 6.07) is 2.23. The summed E-state index contributed by atoms with van der Waals surface area (Å²) in [5, 5.41) is 8.99. The second kappa shape index (κ2) is 6.25. The van der Waals surface area contributed by atoms with Gasteiger partial charge in [0, 0.05) is 19.3 Å². The van der Waals surface area contributed by atoms with E-state index in [0.29, 0.717) is 6.04 Å². The molecule has 110 valence electrons. The minimum absolute atomic E-state index is 0.259. The van der Waals surface area contributed by atoms with E-state index in [9.17, 15) is 4.79 Å². The molecule has 0 saturated heterocycles.